The number of hydrogen-bond donors (Lipinski definition) is 1. The third kappa shape index (κ3) is 3.51. The van der Waals surface area contributed by atoms with Crippen molar-refractivity contribution >= 4 is 5.91 Å². The predicted octanol–water partition coefficient (Wildman–Crippen LogP) is 2.99. The van der Waals surface area contributed by atoms with Gasteiger partial charge in [-0.1, -0.05) is 24.3 Å². The van der Waals surface area contributed by atoms with E-state index in [1.807, 2.05) is 31.2 Å². The highest BCUT2D eigenvalue weighted by molar-refractivity contribution is 5.99. The van der Waals surface area contributed by atoms with Gasteiger partial charge in [-0.25, -0.2) is 0 Å². The summed E-state index contributed by atoms with van der Waals surface area (Å²) >= 11 is 0. The van der Waals surface area contributed by atoms with E-state index < -0.39 is 0 Å². The van der Waals surface area contributed by atoms with Gasteiger partial charge < -0.3 is 19.2 Å². The van der Waals surface area contributed by atoms with Gasteiger partial charge in [0.05, 0.1) is 20.8 Å². The van der Waals surface area contributed by atoms with Crippen LogP contribution in [0, 0.1) is 6.92 Å². The van der Waals surface area contributed by atoms with Crippen LogP contribution < -0.4 is 14.8 Å². The summed E-state index contributed by atoms with van der Waals surface area (Å²) in [6.07, 6.45) is 0. The van der Waals surface area contributed by atoms with Crippen LogP contribution >= 0.6 is 0 Å². The molecule has 26 heavy (non-hydrogen) atoms. The molecule has 0 saturated heterocycles. The van der Waals surface area contributed by atoms with Crippen LogP contribution in [0.25, 0.3) is 11.5 Å². The van der Waals surface area contributed by atoms with Crippen LogP contribution in [0.5, 0.6) is 11.5 Å². The number of nitrogens with zero attached hydrogens (tertiary/aromatic N) is 2. The van der Waals surface area contributed by atoms with Crippen LogP contribution in [0.4, 0.5) is 0 Å². The number of amides is 1. The van der Waals surface area contributed by atoms with Crippen molar-refractivity contribution in [2.45, 2.75) is 13.5 Å². The van der Waals surface area contributed by atoms with Crippen molar-refractivity contribution in [1.29, 1.82) is 0 Å². The monoisotopic (exact) mass is 353 g/mol. The molecule has 3 aromatic rings. The molecule has 1 aromatic heterocycles. The van der Waals surface area contributed by atoms with E-state index in [-0.39, 0.29) is 12.5 Å². The van der Waals surface area contributed by atoms with Crippen LogP contribution in [0.15, 0.2) is 46.9 Å². The smallest absolute Gasteiger partial charge is 0.259 e. The maximum atomic E-state index is 12.5. The third-order valence-corrected chi connectivity index (χ3v) is 3.90. The molecule has 134 valence electrons. The molecule has 0 unspecified atom stereocenters. The summed E-state index contributed by atoms with van der Waals surface area (Å²) in [7, 11) is 3.00. The van der Waals surface area contributed by atoms with Crippen molar-refractivity contribution in [3.05, 3.63) is 59.5 Å². The second-order valence-electron chi connectivity index (χ2n) is 5.54. The molecule has 0 atom stereocenters. The Labute approximate surface area is 151 Å². The van der Waals surface area contributed by atoms with Gasteiger partial charge in [-0.05, 0) is 30.7 Å². The van der Waals surface area contributed by atoms with Gasteiger partial charge in [-0.3, -0.25) is 4.79 Å². The number of nitrogens with one attached hydrogen (secondary N) is 1. The average Bonchev–Trinajstić information content (AvgIpc) is 3.14. The van der Waals surface area contributed by atoms with Crippen molar-refractivity contribution in [3.8, 4) is 23.0 Å². The lowest BCUT2D eigenvalue weighted by molar-refractivity contribution is 0.0941. The Morgan fingerprint density at radius 2 is 1.73 bits per heavy atom. The Balaban J connectivity index is 1.75. The van der Waals surface area contributed by atoms with Gasteiger partial charge in [-0.2, -0.15) is 0 Å². The van der Waals surface area contributed by atoms with E-state index in [4.69, 9.17) is 13.9 Å². The molecule has 0 aliphatic carbocycles. The number of ether oxygens (including phenoxy) is 2. The fraction of sp³-hybridized carbons (Fsp3) is 0.211. The number of aromatic nitrogens is 2. The zero-order chi connectivity index (χ0) is 18.5. The molecule has 2 aromatic carbocycles. The first-order chi connectivity index (χ1) is 12.6. The van der Waals surface area contributed by atoms with Gasteiger partial charge in [0.1, 0.15) is 17.1 Å². The van der Waals surface area contributed by atoms with Gasteiger partial charge in [-0.15, -0.1) is 10.2 Å². The third-order valence-electron chi connectivity index (χ3n) is 3.90. The average molecular weight is 353 g/mol. The quantitative estimate of drug-likeness (QED) is 0.733. The Morgan fingerprint density at radius 1 is 1.04 bits per heavy atom. The molecule has 0 radical (unpaired) electrons. The molecule has 0 fully saturated rings. The fourth-order valence-corrected chi connectivity index (χ4v) is 2.57. The van der Waals surface area contributed by atoms with Crippen molar-refractivity contribution < 1.29 is 18.7 Å². The minimum absolute atomic E-state index is 0.0961. The lowest BCUT2D eigenvalue weighted by atomic mass is 10.1. The zero-order valence-electron chi connectivity index (χ0n) is 14.8. The number of hydrogen-bond acceptors (Lipinski definition) is 6. The van der Waals surface area contributed by atoms with Crippen molar-refractivity contribution in [3.63, 3.8) is 0 Å². The Bertz CT molecular complexity index is 898. The summed E-state index contributed by atoms with van der Waals surface area (Å²) in [6, 6.07) is 12.9. The van der Waals surface area contributed by atoms with Crippen LogP contribution in [-0.2, 0) is 6.54 Å². The Kier molecular flexibility index (Phi) is 5.17. The maximum absolute atomic E-state index is 12.5. The first-order valence-corrected chi connectivity index (χ1v) is 8.01. The second-order valence-corrected chi connectivity index (χ2v) is 5.54. The van der Waals surface area contributed by atoms with Crippen LogP contribution in [-0.4, -0.2) is 30.3 Å². The number of rotatable bonds is 6. The topological polar surface area (TPSA) is 86.5 Å². The van der Waals surface area contributed by atoms with Gasteiger partial charge in [0.15, 0.2) is 0 Å². The second kappa shape index (κ2) is 7.69. The normalized spacial score (nSPS) is 10.4. The number of carbonyl (C=O) groups is 1. The van der Waals surface area contributed by atoms with E-state index in [0.29, 0.717) is 28.8 Å². The maximum Gasteiger partial charge on any atom is 0.259 e. The van der Waals surface area contributed by atoms with Crippen molar-refractivity contribution in [2.24, 2.45) is 0 Å². The summed E-state index contributed by atoms with van der Waals surface area (Å²) in [5, 5.41) is 10.8. The van der Waals surface area contributed by atoms with E-state index in [1.54, 1.807) is 18.2 Å². The van der Waals surface area contributed by atoms with Gasteiger partial charge in [0.2, 0.25) is 11.8 Å². The van der Waals surface area contributed by atoms with Gasteiger partial charge in [0, 0.05) is 5.56 Å². The molecule has 1 amide bonds. The number of benzene rings is 2. The van der Waals surface area contributed by atoms with Crippen LogP contribution in [0.3, 0.4) is 0 Å². The molecule has 7 nitrogen and oxygen atoms in total. The molecule has 1 N–H and O–H groups in total. The SMILES string of the molecule is COc1cccc(OC)c1C(=O)NCc1nnc(-c2ccccc2C)o1. The summed E-state index contributed by atoms with van der Waals surface area (Å²) in [5.41, 5.74) is 2.21. The molecule has 1 heterocycles. The van der Waals surface area contributed by atoms with Crippen LogP contribution in [0.2, 0.25) is 0 Å². The minimum Gasteiger partial charge on any atom is -0.496 e. The van der Waals surface area contributed by atoms with Crippen molar-refractivity contribution in [2.75, 3.05) is 14.2 Å². The molecule has 0 bridgehead atoms. The van der Waals surface area contributed by atoms with Gasteiger partial charge in [0.25, 0.3) is 5.91 Å². The summed E-state index contributed by atoms with van der Waals surface area (Å²) in [4.78, 5) is 12.5. The van der Waals surface area contributed by atoms with Gasteiger partial charge >= 0.3 is 0 Å². The molecule has 0 aliphatic heterocycles. The lowest BCUT2D eigenvalue weighted by Crippen LogP contribution is -2.24. The zero-order valence-corrected chi connectivity index (χ0v) is 14.8. The Hall–Kier alpha value is -3.35. The lowest BCUT2D eigenvalue weighted by Gasteiger charge is -2.12. The largest absolute Gasteiger partial charge is 0.496 e. The highest BCUT2D eigenvalue weighted by Gasteiger charge is 2.19. The first-order valence-electron chi connectivity index (χ1n) is 8.01. The summed E-state index contributed by atoms with van der Waals surface area (Å²) < 4.78 is 16.1. The number of carbonyl (C=O) groups excluding carboxylic acids is 1. The standard InChI is InChI=1S/C19H19N3O4/c1-12-7-4-5-8-13(12)19-22-21-16(26-19)11-20-18(23)17-14(24-2)9-6-10-15(17)25-3/h4-10H,11H2,1-3H3,(H,20,23). The minimum atomic E-state index is -0.352. The van der Waals surface area contributed by atoms with E-state index >= 15 is 0 Å². The van der Waals surface area contributed by atoms with Crippen molar-refractivity contribution in [1.82, 2.24) is 15.5 Å². The molecular weight excluding hydrogens is 334 g/mol. The van der Waals surface area contributed by atoms with E-state index in [1.165, 1.54) is 14.2 Å². The van der Waals surface area contributed by atoms with E-state index in [9.17, 15) is 4.79 Å². The Morgan fingerprint density at radius 3 is 2.38 bits per heavy atom. The number of aryl methyl sites for hydroxylation is 1. The molecule has 0 aliphatic rings. The summed E-state index contributed by atoms with van der Waals surface area (Å²) in [6.45, 7) is 2.06. The molecule has 7 heteroatoms. The molecule has 0 spiro atoms. The molecule has 3 rings (SSSR count). The highest BCUT2D eigenvalue weighted by Crippen LogP contribution is 2.28. The first kappa shape index (κ1) is 17.5. The van der Waals surface area contributed by atoms with E-state index in [2.05, 4.69) is 15.5 Å². The fourth-order valence-electron chi connectivity index (χ4n) is 2.57. The van der Waals surface area contributed by atoms with E-state index in [0.717, 1.165) is 11.1 Å². The highest BCUT2D eigenvalue weighted by atomic mass is 16.5. The summed E-state index contributed by atoms with van der Waals surface area (Å²) in [5.74, 6) is 1.23. The molecular formula is C19H19N3O4. The molecule has 0 saturated carbocycles. The van der Waals surface area contributed by atoms with Crippen LogP contribution in [0.1, 0.15) is 21.8 Å². The number of methoxy groups -OCH3 is 2. The predicted molar refractivity (Wildman–Crippen MR) is 95.2 cm³/mol.